The molecule has 0 bridgehead atoms. The van der Waals surface area contributed by atoms with Crippen LogP contribution in [0.4, 0.5) is 15.9 Å². The van der Waals surface area contributed by atoms with Gasteiger partial charge in [-0.1, -0.05) is 11.6 Å². The molecule has 4 N–H and O–H groups in total. The van der Waals surface area contributed by atoms with Gasteiger partial charge in [0.25, 0.3) is 5.91 Å². The van der Waals surface area contributed by atoms with E-state index in [2.05, 4.69) is 25.7 Å². The summed E-state index contributed by atoms with van der Waals surface area (Å²) in [6.07, 6.45) is 4.21. The molecule has 9 heteroatoms. The molecule has 7 nitrogen and oxygen atoms in total. The van der Waals surface area contributed by atoms with Crippen molar-refractivity contribution >= 4 is 35.2 Å². The van der Waals surface area contributed by atoms with Crippen molar-refractivity contribution in [3.63, 3.8) is 0 Å². The Morgan fingerprint density at radius 2 is 2.03 bits per heavy atom. The standard InChI is InChI=1S/C20H18ClFN6O/c1-12-18(11-27-23)13(6-7-24-12)9-25-19-17(8-15(22)10-26-19)20(29)28-16-4-2-14(21)3-5-16/h2-8,10-11H,9,23H2,1H3,(H,25,26)(H,28,29)/b27-11-. The molecule has 3 aromatic rings. The average Bonchev–Trinajstić information content (AvgIpc) is 2.71. The molecule has 0 atom stereocenters. The van der Waals surface area contributed by atoms with Crippen LogP contribution >= 0.6 is 11.6 Å². The molecule has 2 heterocycles. The number of benzene rings is 1. The van der Waals surface area contributed by atoms with Crippen molar-refractivity contribution in [1.29, 1.82) is 0 Å². The normalized spacial score (nSPS) is 10.9. The van der Waals surface area contributed by atoms with E-state index in [1.54, 1.807) is 36.5 Å². The number of aromatic nitrogens is 2. The number of amides is 1. The first-order valence-electron chi connectivity index (χ1n) is 8.62. The lowest BCUT2D eigenvalue weighted by atomic mass is 10.1. The number of carbonyl (C=O) groups is 1. The summed E-state index contributed by atoms with van der Waals surface area (Å²) in [6, 6.07) is 9.52. The van der Waals surface area contributed by atoms with Crippen LogP contribution in [0.25, 0.3) is 0 Å². The van der Waals surface area contributed by atoms with E-state index >= 15 is 0 Å². The molecule has 1 aromatic carbocycles. The third-order valence-electron chi connectivity index (χ3n) is 4.13. The molecule has 3 rings (SSSR count). The maximum atomic E-state index is 13.8. The third kappa shape index (κ3) is 5.05. The van der Waals surface area contributed by atoms with Crippen molar-refractivity contribution in [1.82, 2.24) is 9.97 Å². The number of hydrogen-bond acceptors (Lipinski definition) is 6. The summed E-state index contributed by atoms with van der Waals surface area (Å²) >= 11 is 5.85. The second-order valence-electron chi connectivity index (χ2n) is 6.11. The maximum Gasteiger partial charge on any atom is 0.259 e. The Balaban J connectivity index is 1.83. The summed E-state index contributed by atoms with van der Waals surface area (Å²) < 4.78 is 13.8. The van der Waals surface area contributed by atoms with Crippen LogP contribution in [0.5, 0.6) is 0 Å². The fourth-order valence-electron chi connectivity index (χ4n) is 2.70. The Morgan fingerprint density at radius 1 is 1.28 bits per heavy atom. The number of nitrogens with two attached hydrogens (primary N) is 1. The van der Waals surface area contributed by atoms with Crippen molar-refractivity contribution in [2.75, 3.05) is 10.6 Å². The number of carbonyl (C=O) groups excluding carboxylic acids is 1. The second kappa shape index (κ2) is 9.11. The SMILES string of the molecule is Cc1nccc(CNc2ncc(F)cc2C(=O)Nc2ccc(Cl)cc2)c1/C=N\N. The number of anilines is 2. The van der Waals surface area contributed by atoms with Crippen LogP contribution in [0.2, 0.25) is 5.02 Å². The minimum atomic E-state index is -0.618. The summed E-state index contributed by atoms with van der Waals surface area (Å²) in [4.78, 5) is 20.9. The highest BCUT2D eigenvalue weighted by Gasteiger charge is 2.15. The lowest BCUT2D eigenvalue weighted by molar-refractivity contribution is 0.102. The topological polar surface area (TPSA) is 105 Å². The fourth-order valence-corrected chi connectivity index (χ4v) is 2.83. The predicted molar refractivity (Wildman–Crippen MR) is 112 cm³/mol. The first-order valence-corrected chi connectivity index (χ1v) is 9.00. The van der Waals surface area contributed by atoms with E-state index in [1.807, 2.05) is 6.92 Å². The molecule has 1 amide bonds. The Hall–Kier alpha value is -3.52. The average molecular weight is 413 g/mol. The number of nitrogens with one attached hydrogen (secondary N) is 2. The number of hydrogen-bond donors (Lipinski definition) is 3. The van der Waals surface area contributed by atoms with Crippen LogP contribution in [0.1, 0.15) is 27.2 Å². The molecule has 0 aliphatic rings. The lowest BCUT2D eigenvalue weighted by Crippen LogP contribution is -2.16. The van der Waals surface area contributed by atoms with Crippen LogP contribution in [-0.4, -0.2) is 22.1 Å². The minimum Gasteiger partial charge on any atom is -0.365 e. The Labute approximate surface area is 171 Å². The first-order chi connectivity index (χ1) is 14.0. The van der Waals surface area contributed by atoms with E-state index in [4.69, 9.17) is 17.4 Å². The fraction of sp³-hybridized carbons (Fsp3) is 0.100. The first kappa shape index (κ1) is 20.2. The largest absolute Gasteiger partial charge is 0.365 e. The molecule has 0 unspecified atom stereocenters. The zero-order valence-corrected chi connectivity index (χ0v) is 16.2. The minimum absolute atomic E-state index is 0.0692. The molecule has 148 valence electrons. The zero-order chi connectivity index (χ0) is 20.8. The molecule has 0 saturated carbocycles. The summed E-state index contributed by atoms with van der Waals surface area (Å²) in [7, 11) is 0. The number of rotatable bonds is 6. The van der Waals surface area contributed by atoms with Crippen LogP contribution in [-0.2, 0) is 6.54 Å². The van der Waals surface area contributed by atoms with Crippen LogP contribution in [0.15, 0.2) is 53.9 Å². The highest BCUT2D eigenvalue weighted by molar-refractivity contribution is 6.30. The Kier molecular flexibility index (Phi) is 6.36. The number of aryl methyl sites for hydroxylation is 1. The summed E-state index contributed by atoms with van der Waals surface area (Å²) in [5.41, 5.74) is 2.96. The number of halogens is 2. The summed E-state index contributed by atoms with van der Waals surface area (Å²) in [6.45, 7) is 2.15. The van der Waals surface area contributed by atoms with Gasteiger partial charge in [-0.3, -0.25) is 9.78 Å². The van der Waals surface area contributed by atoms with Crippen LogP contribution in [0, 0.1) is 12.7 Å². The van der Waals surface area contributed by atoms with Gasteiger partial charge in [-0.25, -0.2) is 9.37 Å². The maximum absolute atomic E-state index is 13.8. The molecule has 29 heavy (non-hydrogen) atoms. The monoisotopic (exact) mass is 412 g/mol. The van der Waals surface area contributed by atoms with Crippen LogP contribution in [0.3, 0.4) is 0 Å². The van der Waals surface area contributed by atoms with Crippen molar-refractivity contribution in [2.24, 2.45) is 10.9 Å². The summed E-state index contributed by atoms with van der Waals surface area (Å²) in [5.74, 6) is 4.39. The molecular weight excluding hydrogens is 395 g/mol. The quantitative estimate of drug-likeness (QED) is 0.325. The van der Waals surface area contributed by atoms with Crippen molar-refractivity contribution in [3.05, 3.63) is 82.0 Å². The molecule has 0 aliphatic heterocycles. The predicted octanol–water partition coefficient (Wildman–Crippen LogP) is 3.73. The van der Waals surface area contributed by atoms with Gasteiger partial charge in [0.2, 0.25) is 0 Å². The number of hydrazone groups is 1. The highest BCUT2D eigenvalue weighted by atomic mass is 35.5. The molecule has 0 aliphatic carbocycles. The van der Waals surface area contributed by atoms with Gasteiger partial charge in [0.05, 0.1) is 18.0 Å². The highest BCUT2D eigenvalue weighted by Crippen LogP contribution is 2.20. The Morgan fingerprint density at radius 3 is 2.76 bits per heavy atom. The Bertz CT molecular complexity index is 1060. The molecular formula is C20H18ClFN6O. The van der Waals surface area contributed by atoms with E-state index in [-0.39, 0.29) is 11.4 Å². The van der Waals surface area contributed by atoms with Gasteiger partial charge in [-0.2, -0.15) is 5.10 Å². The van der Waals surface area contributed by atoms with E-state index in [1.165, 1.54) is 6.21 Å². The van der Waals surface area contributed by atoms with Gasteiger partial charge in [0.1, 0.15) is 11.6 Å². The van der Waals surface area contributed by atoms with Gasteiger partial charge in [-0.15, -0.1) is 0 Å². The lowest BCUT2D eigenvalue weighted by Gasteiger charge is -2.13. The molecule has 0 fully saturated rings. The number of nitrogens with zero attached hydrogens (tertiary/aromatic N) is 3. The van der Waals surface area contributed by atoms with E-state index in [0.717, 1.165) is 29.1 Å². The van der Waals surface area contributed by atoms with Crippen molar-refractivity contribution in [3.8, 4) is 0 Å². The van der Waals surface area contributed by atoms with Crippen molar-refractivity contribution in [2.45, 2.75) is 13.5 Å². The zero-order valence-electron chi connectivity index (χ0n) is 15.5. The van der Waals surface area contributed by atoms with Crippen LogP contribution < -0.4 is 16.5 Å². The molecule has 0 spiro atoms. The van der Waals surface area contributed by atoms with Gasteiger partial charge in [0, 0.05) is 34.7 Å². The van der Waals surface area contributed by atoms with E-state index in [0.29, 0.717) is 17.3 Å². The summed E-state index contributed by atoms with van der Waals surface area (Å²) in [5, 5.41) is 9.87. The molecule has 0 saturated heterocycles. The van der Waals surface area contributed by atoms with Gasteiger partial charge >= 0.3 is 0 Å². The van der Waals surface area contributed by atoms with E-state index < -0.39 is 11.7 Å². The molecule has 0 radical (unpaired) electrons. The molecule has 2 aromatic heterocycles. The van der Waals surface area contributed by atoms with E-state index in [9.17, 15) is 9.18 Å². The smallest absolute Gasteiger partial charge is 0.259 e. The van der Waals surface area contributed by atoms with Crippen molar-refractivity contribution < 1.29 is 9.18 Å². The van der Waals surface area contributed by atoms with Gasteiger partial charge < -0.3 is 16.5 Å². The third-order valence-corrected chi connectivity index (χ3v) is 4.38. The van der Waals surface area contributed by atoms with Gasteiger partial charge in [0.15, 0.2) is 0 Å². The number of pyridine rings is 2. The van der Waals surface area contributed by atoms with Gasteiger partial charge in [-0.05, 0) is 48.9 Å². The second-order valence-corrected chi connectivity index (χ2v) is 6.55.